The molecule has 2 fully saturated rings. The van der Waals surface area contributed by atoms with Crippen LogP contribution in [-0.4, -0.2) is 12.6 Å². The van der Waals surface area contributed by atoms with Crippen molar-refractivity contribution in [2.24, 2.45) is 17.3 Å². The lowest BCUT2D eigenvalue weighted by Gasteiger charge is -2.20. The van der Waals surface area contributed by atoms with Crippen LogP contribution >= 0.6 is 0 Å². The second kappa shape index (κ2) is 4.38. The SMILES string of the molecule is CCNC(C1CC1c1ccccc1)C1CC1(C)C. The highest BCUT2D eigenvalue weighted by Crippen LogP contribution is 2.61. The zero-order valence-electron chi connectivity index (χ0n) is 11.8. The Balaban J connectivity index is 1.68. The lowest BCUT2D eigenvalue weighted by Crippen LogP contribution is -2.34. The Hall–Kier alpha value is -0.820. The van der Waals surface area contributed by atoms with Crippen molar-refractivity contribution in [1.82, 2.24) is 5.32 Å². The molecule has 1 aromatic rings. The van der Waals surface area contributed by atoms with E-state index in [0.29, 0.717) is 5.41 Å². The highest BCUT2D eigenvalue weighted by molar-refractivity contribution is 5.27. The van der Waals surface area contributed by atoms with Crippen LogP contribution in [0.3, 0.4) is 0 Å². The normalized spacial score (nSPS) is 34.1. The second-order valence-electron chi connectivity index (χ2n) is 6.80. The van der Waals surface area contributed by atoms with Gasteiger partial charge in [0.25, 0.3) is 0 Å². The molecule has 0 spiro atoms. The summed E-state index contributed by atoms with van der Waals surface area (Å²) in [6.07, 6.45) is 2.79. The molecule has 2 aliphatic rings. The predicted molar refractivity (Wildman–Crippen MR) is 76.6 cm³/mol. The fourth-order valence-electron chi connectivity index (χ4n) is 3.64. The summed E-state index contributed by atoms with van der Waals surface area (Å²) in [5, 5.41) is 3.76. The quantitative estimate of drug-likeness (QED) is 0.829. The standard InChI is InChI=1S/C17H25N/c1-4-18-16(15-11-17(15,2)3)14-10-13(14)12-8-6-5-7-9-12/h5-9,13-16,18H,4,10-11H2,1-3H3. The van der Waals surface area contributed by atoms with E-state index < -0.39 is 0 Å². The molecule has 0 radical (unpaired) electrons. The van der Waals surface area contributed by atoms with Gasteiger partial charge < -0.3 is 5.32 Å². The Labute approximate surface area is 111 Å². The highest BCUT2D eigenvalue weighted by Gasteiger charge is 2.56. The first kappa shape index (κ1) is 12.2. The molecule has 1 aromatic carbocycles. The summed E-state index contributed by atoms with van der Waals surface area (Å²) >= 11 is 0. The fourth-order valence-corrected chi connectivity index (χ4v) is 3.64. The molecule has 1 N–H and O–H groups in total. The van der Waals surface area contributed by atoms with E-state index in [0.717, 1.165) is 30.3 Å². The van der Waals surface area contributed by atoms with Crippen LogP contribution in [0.4, 0.5) is 0 Å². The summed E-state index contributed by atoms with van der Waals surface area (Å²) in [5.41, 5.74) is 2.13. The Morgan fingerprint density at radius 3 is 2.50 bits per heavy atom. The topological polar surface area (TPSA) is 12.0 Å². The Kier molecular flexibility index (Phi) is 2.97. The van der Waals surface area contributed by atoms with Crippen LogP contribution in [0.15, 0.2) is 30.3 Å². The number of hydrogen-bond donors (Lipinski definition) is 1. The van der Waals surface area contributed by atoms with E-state index in [-0.39, 0.29) is 0 Å². The summed E-state index contributed by atoms with van der Waals surface area (Å²) in [7, 11) is 0. The van der Waals surface area contributed by atoms with E-state index in [4.69, 9.17) is 0 Å². The summed E-state index contributed by atoms with van der Waals surface area (Å²) < 4.78 is 0. The Morgan fingerprint density at radius 2 is 1.94 bits per heavy atom. The van der Waals surface area contributed by atoms with Crippen molar-refractivity contribution < 1.29 is 0 Å². The molecule has 98 valence electrons. The van der Waals surface area contributed by atoms with Crippen molar-refractivity contribution in [3.8, 4) is 0 Å². The average molecular weight is 243 g/mol. The summed E-state index contributed by atoms with van der Waals surface area (Å²) in [5.74, 6) is 2.59. The maximum atomic E-state index is 3.76. The van der Waals surface area contributed by atoms with Crippen molar-refractivity contribution in [2.45, 2.75) is 45.6 Å². The summed E-state index contributed by atoms with van der Waals surface area (Å²) in [6.45, 7) is 8.18. The third-order valence-corrected chi connectivity index (χ3v) is 4.99. The molecule has 18 heavy (non-hydrogen) atoms. The van der Waals surface area contributed by atoms with Gasteiger partial charge in [-0.05, 0) is 48.1 Å². The van der Waals surface area contributed by atoms with Crippen molar-refractivity contribution in [2.75, 3.05) is 6.54 Å². The second-order valence-corrected chi connectivity index (χ2v) is 6.80. The third kappa shape index (κ3) is 2.21. The van der Waals surface area contributed by atoms with Gasteiger partial charge in [-0.3, -0.25) is 0 Å². The van der Waals surface area contributed by atoms with E-state index in [9.17, 15) is 0 Å². The van der Waals surface area contributed by atoms with Crippen LogP contribution in [0.5, 0.6) is 0 Å². The van der Waals surface area contributed by atoms with Crippen LogP contribution in [0.2, 0.25) is 0 Å². The zero-order valence-corrected chi connectivity index (χ0v) is 11.8. The number of nitrogens with one attached hydrogen (secondary N) is 1. The van der Waals surface area contributed by atoms with Gasteiger partial charge in [0.05, 0.1) is 0 Å². The van der Waals surface area contributed by atoms with Crippen LogP contribution in [-0.2, 0) is 0 Å². The molecular weight excluding hydrogens is 218 g/mol. The molecular formula is C17H25N. The van der Waals surface area contributed by atoms with E-state index in [1.807, 2.05) is 0 Å². The minimum absolute atomic E-state index is 0.580. The van der Waals surface area contributed by atoms with Crippen molar-refractivity contribution >= 4 is 0 Å². The first-order valence-corrected chi connectivity index (χ1v) is 7.42. The van der Waals surface area contributed by atoms with Gasteiger partial charge in [0, 0.05) is 6.04 Å². The third-order valence-electron chi connectivity index (χ3n) is 4.99. The average Bonchev–Trinajstić information content (AvgIpc) is 3.24. The van der Waals surface area contributed by atoms with Gasteiger partial charge in [0.1, 0.15) is 0 Å². The zero-order chi connectivity index (χ0) is 12.8. The molecule has 1 nitrogen and oxygen atoms in total. The van der Waals surface area contributed by atoms with Gasteiger partial charge >= 0.3 is 0 Å². The molecule has 4 atom stereocenters. The highest BCUT2D eigenvalue weighted by atomic mass is 15.0. The van der Waals surface area contributed by atoms with Gasteiger partial charge in [-0.15, -0.1) is 0 Å². The van der Waals surface area contributed by atoms with E-state index in [2.05, 4.69) is 56.4 Å². The van der Waals surface area contributed by atoms with Gasteiger partial charge in [0.15, 0.2) is 0 Å². The number of rotatable bonds is 5. The molecule has 0 bridgehead atoms. The Morgan fingerprint density at radius 1 is 1.28 bits per heavy atom. The number of hydrogen-bond acceptors (Lipinski definition) is 1. The van der Waals surface area contributed by atoms with E-state index >= 15 is 0 Å². The van der Waals surface area contributed by atoms with Gasteiger partial charge in [-0.1, -0.05) is 51.1 Å². The lowest BCUT2D eigenvalue weighted by molar-refractivity contribution is 0.371. The molecule has 0 aromatic heterocycles. The monoisotopic (exact) mass is 243 g/mol. The molecule has 1 heteroatoms. The molecule has 2 aliphatic carbocycles. The number of benzene rings is 1. The minimum atomic E-state index is 0.580. The molecule has 0 amide bonds. The van der Waals surface area contributed by atoms with Crippen LogP contribution in [0, 0.1) is 17.3 Å². The van der Waals surface area contributed by atoms with E-state index in [1.165, 1.54) is 12.8 Å². The molecule has 2 saturated carbocycles. The first-order chi connectivity index (χ1) is 8.63. The maximum Gasteiger partial charge on any atom is 0.0135 e. The molecule has 0 saturated heterocycles. The van der Waals surface area contributed by atoms with Crippen molar-refractivity contribution in [3.63, 3.8) is 0 Å². The van der Waals surface area contributed by atoms with Gasteiger partial charge in [-0.25, -0.2) is 0 Å². The summed E-state index contributed by atoms with van der Waals surface area (Å²) in [4.78, 5) is 0. The van der Waals surface area contributed by atoms with Crippen molar-refractivity contribution in [3.05, 3.63) is 35.9 Å². The lowest BCUT2D eigenvalue weighted by atomic mass is 9.97. The molecule has 0 heterocycles. The van der Waals surface area contributed by atoms with Gasteiger partial charge in [-0.2, -0.15) is 0 Å². The molecule has 0 aliphatic heterocycles. The fraction of sp³-hybridized carbons (Fsp3) is 0.647. The van der Waals surface area contributed by atoms with Gasteiger partial charge in [0.2, 0.25) is 0 Å². The smallest absolute Gasteiger partial charge is 0.0135 e. The Bertz CT molecular complexity index is 409. The van der Waals surface area contributed by atoms with Crippen LogP contribution < -0.4 is 5.32 Å². The predicted octanol–water partition coefficient (Wildman–Crippen LogP) is 3.81. The first-order valence-electron chi connectivity index (χ1n) is 7.42. The molecule has 4 unspecified atom stereocenters. The van der Waals surface area contributed by atoms with E-state index in [1.54, 1.807) is 5.56 Å². The van der Waals surface area contributed by atoms with Crippen LogP contribution in [0.25, 0.3) is 0 Å². The van der Waals surface area contributed by atoms with Crippen LogP contribution in [0.1, 0.15) is 45.1 Å². The largest absolute Gasteiger partial charge is 0.314 e. The molecule has 3 rings (SSSR count). The summed E-state index contributed by atoms with van der Waals surface area (Å²) in [6, 6.07) is 11.8. The van der Waals surface area contributed by atoms with Crippen molar-refractivity contribution in [1.29, 1.82) is 0 Å². The minimum Gasteiger partial charge on any atom is -0.314 e. The maximum absolute atomic E-state index is 3.76.